The number of nitro groups is 1. The van der Waals surface area contributed by atoms with Crippen molar-refractivity contribution in [2.45, 2.75) is 11.8 Å². The van der Waals surface area contributed by atoms with E-state index in [1.807, 2.05) is 0 Å². The van der Waals surface area contributed by atoms with Crippen molar-refractivity contribution in [2.75, 3.05) is 36.6 Å². The Hall–Kier alpha value is -3.21. The molecule has 150 valence electrons. The molecule has 1 heterocycles. The molecule has 0 aliphatic rings. The Morgan fingerprint density at radius 3 is 2.50 bits per heavy atom. The number of esters is 1. The topological polar surface area (TPSA) is 141 Å². The number of hydrogen-bond donors (Lipinski definition) is 2. The van der Waals surface area contributed by atoms with Crippen molar-refractivity contribution < 1.29 is 22.9 Å². The van der Waals surface area contributed by atoms with Gasteiger partial charge in [0.15, 0.2) is 9.84 Å². The highest BCUT2D eigenvalue weighted by atomic mass is 32.2. The van der Waals surface area contributed by atoms with Crippen molar-refractivity contribution in [2.24, 2.45) is 0 Å². The lowest BCUT2D eigenvalue weighted by Crippen LogP contribution is -2.15. The molecule has 2 rings (SSSR count). The van der Waals surface area contributed by atoms with Crippen LogP contribution in [0.25, 0.3) is 0 Å². The predicted molar refractivity (Wildman–Crippen MR) is 103 cm³/mol. The van der Waals surface area contributed by atoms with Crippen LogP contribution >= 0.6 is 0 Å². The molecule has 0 spiro atoms. The number of nitrogens with one attached hydrogen (secondary N) is 2. The van der Waals surface area contributed by atoms with Gasteiger partial charge in [-0.1, -0.05) is 0 Å². The Balaban J connectivity index is 1.94. The molecule has 0 amide bonds. The van der Waals surface area contributed by atoms with Crippen LogP contribution in [0.4, 0.5) is 17.2 Å². The van der Waals surface area contributed by atoms with E-state index in [1.54, 1.807) is 19.1 Å². The summed E-state index contributed by atoms with van der Waals surface area (Å²) in [4.78, 5) is 26.1. The fourth-order valence-corrected chi connectivity index (χ4v) is 2.90. The van der Waals surface area contributed by atoms with Gasteiger partial charge < -0.3 is 15.4 Å². The van der Waals surface area contributed by atoms with Gasteiger partial charge in [-0.2, -0.15) is 0 Å². The Kier molecular flexibility index (Phi) is 6.88. The maximum Gasteiger partial charge on any atom is 0.339 e. The van der Waals surface area contributed by atoms with Gasteiger partial charge in [-0.25, -0.2) is 18.2 Å². The zero-order chi connectivity index (χ0) is 20.7. The smallest absolute Gasteiger partial charge is 0.339 e. The van der Waals surface area contributed by atoms with E-state index < -0.39 is 20.7 Å². The van der Waals surface area contributed by atoms with E-state index in [-0.39, 0.29) is 22.9 Å². The van der Waals surface area contributed by atoms with Crippen LogP contribution in [0, 0.1) is 10.1 Å². The maximum atomic E-state index is 11.6. The molecular formula is C17H20N4O6S. The quantitative estimate of drug-likeness (QED) is 0.276. The van der Waals surface area contributed by atoms with Crippen LogP contribution in [0.3, 0.4) is 0 Å². The second-order valence-corrected chi connectivity index (χ2v) is 7.73. The van der Waals surface area contributed by atoms with Crippen LogP contribution in [0.2, 0.25) is 0 Å². The van der Waals surface area contributed by atoms with Gasteiger partial charge in [-0.3, -0.25) is 10.1 Å². The summed E-state index contributed by atoms with van der Waals surface area (Å²) in [6, 6.07) is 6.90. The molecule has 0 aliphatic carbocycles. The zero-order valence-electron chi connectivity index (χ0n) is 15.3. The summed E-state index contributed by atoms with van der Waals surface area (Å²) in [6.07, 6.45) is 2.38. The van der Waals surface area contributed by atoms with Gasteiger partial charge in [-0.15, -0.1) is 0 Å². The average molecular weight is 408 g/mol. The van der Waals surface area contributed by atoms with Crippen molar-refractivity contribution in [3.63, 3.8) is 0 Å². The molecule has 0 fully saturated rings. The summed E-state index contributed by atoms with van der Waals surface area (Å²) in [5, 5.41) is 17.1. The zero-order valence-corrected chi connectivity index (χ0v) is 16.2. The number of carbonyl (C=O) groups excluding carboxylic acids is 1. The minimum absolute atomic E-state index is 0.117. The third kappa shape index (κ3) is 5.64. The van der Waals surface area contributed by atoms with Gasteiger partial charge in [0, 0.05) is 31.6 Å². The van der Waals surface area contributed by atoms with E-state index in [9.17, 15) is 23.3 Å². The molecule has 1 aromatic carbocycles. The maximum absolute atomic E-state index is 11.6. The fourth-order valence-electron chi connectivity index (χ4n) is 2.26. The lowest BCUT2D eigenvalue weighted by atomic mass is 10.2. The molecular weight excluding hydrogens is 388 g/mol. The number of rotatable bonds is 9. The van der Waals surface area contributed by atoms with Gasteiger partial charge in [0.2, 0.25) is 0 Å². The normalized spacial score (nSPS) is 10.9. The number of hydrogen-bond acceptors (Lipinski definition) is 9. The second kappa shape index (κ2) is 9.13. The predicted octanol–water partition coefficient (Wildman–Crippen LogP) is 2.09. The van der Waals surface area contributed by atoms with E-state index in [0.29, 0.717) is 24.5 Å². The molecule has 0 aliphatic heterocycles. The lowest BCUT2D eigenvalue weighted by Gasteiger charge is -2.10. The molecule has 1 aromatic heterocycles. The summed E-state index contributed by atoms with van der Waals surface area (Å²) in [7, 11) is -3.54. The summed E-state index contributed by atoms with van der Waals surface area (Å²) in [5.41, 5.74) is 0.233. The monoisotopic (exact) mass is 408 g/mol. The largest absolute Gasteiger partial charge is 0.462 e. The molecule has 0 saturated heterocycles. The number of aromatic nitrogens is 1. The Morgan fingerprint density at radius 2 is 1.93 bits per heavy atom. The summed E-state index contributed by atoms with van der Waals surface area (Å²) < 4.78 is 28.0. The minimum atomic E-state index is -3.54. The lowest BCUT2D eigenvalue weighted by molar-refractivity contribution is -0.384. The Labute approximate surface area is 162 Å². The number of benzene rings is 1. The average Bonchev–Trinajstić information content (AvgIpc) is 2.65. The van der Waals surface area contributed by atoms with Crippen molar-refractivity contribution in [3.8, 4) is 0 Å². The van der Waals surface area contributed by atoms with Gasteiger partial charge in [-0.05, 0) is 31.2 Å². The fraction of sp³-hybridized carbons (Fsp3) is 0.294. The van der Waals surface area contributed by atoms with Crippen molar-refractivity contribution in [3.05, 3.63) is 52.2 Å². The van der Waals surface area contributed by atoms with Crippen LogP contribution in [0.1, 0.15) is 17.3 Å². The first kappa shape index (κ1) is 21.1. The SMILES string of the molecule is CCOC(=O)c1ccc(NCCNc2ccc(S(C)(=O)=O)cc2[N+](=O)[O-])nc1. The number of carbonyl (C=O) groups is 1. The first-order valence-corrected chi connectivity index (χ1v) is 10.2. The molecule has 0 bridgehead atoms. The molecule has 2 aromatic rings. The third-order valence-corrected chi connectivity index (χ3v) is 4.73. The van der Waals surface area contributed by atoms with Crippen LogP contribution in [0.5, 0.6) is 0 Å². The van der Waals surface area contributed by atoms with Gasteiger partial charge >= 0.3 is 5.97 Å². The second-order valence-electron chi connectivity index (χ2n) is 5.71. The van der Waals surface area contributed by atoms with Gasteiger partial charge in [0.25, 0.3) is 5.69 Å². The van der Waals surface area contributed by atoms with E-state index in [4.69, 9.17) is 4.74 Å². The number of nitrogens with zero attached hydrogens (tertiary/aromatic N) is 2. The summed E-state index contributed by atoms with van der Waals surface area (Å²) >= 11 is 0. The van der Waals surface area contributed by atoms with E-state index in [1.165, 1.54) is 18.3 Å². The number of ether oxygens (including phenoxy) is 1. The van der Waals surface area contributed by atoms with Crippen LogP contribution < -0.4 is 10.6 Å². The Bertz CT molecular complexity index is 960. The molecule has 0 atom stereocenters. The number of sulfone groups is 1. The van der Waals surface area contributed by atoms with Gasteiger partial charge in [0.05, 0.1) is 22.0 Å². The number of anilines is 2. The number of nitro benzene ring substituents is 1. The van der Waals surface area contributed by atoms with E-state index >= 15 is 0 Å². The van der Waals surface area contributed by atoms with Gasteiger partial charge in [0.1, 0.15) is 11.5 Å². The third-order valence-electron chi connectivity index (χ3n) is 3.62. The first-order chi connectivity index (χ1) is 13.2. The molecule has 10 nitrogen and oxygen atoms in total. The molecule has 0 unspecified atom stereocenters. The highest BCUT2D eigenvalue weighted by Crippen LogP contribution is 2.27. The number of pyridine rings is 1. The highest BCUT2D eigenvalue weighted by molar-refractivity contribution is 7.90. The highest BCUT2D eigenvalue weighted by Gasteiger charge is 2.18. The molecule has 11 heteroatoms. The van der Waals surface area contributed by atoms with Crippen molar-refractivity contribution in [1.82, 2.24) is 4.98 Å². The van der Waals surface area contributed by atoms with Crippen LogP contribution in [-0.4, -0.2) is 50.2 Å². The molecule has 2 N–H and O–H groups in total. The Morgan fingerprint density at radius 1 is 1.21 bits per heavy atom. The standard InChI is InChI=1S/C17H20N4O6S/c1-3-27-17(22)12-4-7-16(20-11-12)19-9-8-18-14-6-5-13(28(2,25)26)10-15(14)21(23)24/h4-7,10-11,18H,3,8-9H2,1-2H3,(H,19,20). The van der Waals surface area contributed by atoms with Crippen LogP contribution in [0.15, 0.2) is 41.4 Å². The van der Waals surface area contributed by atoms with E-state index in [0.717, 1.165) is 12.3 Å². The molecule has 28 heavy (non-hydrogen) atoms. The minimum Gasteiger partial charge on any atom is -0.462 e. The summed E-state index contributed by atoms with van der Waals surface area (Å²) in [5.74, 6) is 0.0739. The van der Waals surface area contributed by atoms with Crippen molar-refractivity contribution in [1.29, 1.82) is 0 Å². The first-order valence-electron chi connectivity index (χ1n) is 8.31. The molecule has 0 saturated carbocycles. The van der Waals surface area contributed by atoms with E-state index in [2.05, 4.69) is 15.6 Å². The molecule has 0 radical (unpaired) electrons. The van der Waals surface area contributed by atoms with Crippen molar-refractivity contribution >= 4 is 33.0 Å². The summed E-state index contributed by atoms with van der Waals surface area (Å²) in [6.45, 7) is 2.70. The van der Waals surface area contributed by atoms with Crippen LogP contribution in [-0.2, 0) is 14.6 Å².